The third-order valence-electron chi connectivity index (χ3n) is 3.45. The van der Waals surface area contributed by atoms with Crippen molar-refractivity contribution in [1.82, 2.24) is 0 Å². The summed E-state index contributed by atoms with van der Waals surface area (Å²) in [5, 5.41) is 9.58. The molecule has 2 rings (SSSR count). The van der Waals surface area contributed by atoms with Crippen LogP contribution in [0.15, 0.2) is 18.2 Å². The minimum absolute atomic E-state index is 0.211. The fourth-order valence-electron chi connectivity index (χ4n) is 2.49. The maximum Gasteiger partial charge on any atom is 0.417 e. The number of alkyl halides is 3. The molecule has 0 aromatic heterocycles. The lowest BCUT2D eigenvalue weighted by atomic mass is 9.81. The lowest BCUT2D eigenvalue weighted by Crippen LogP contribution is -2.23. The van der Waals surface area contributed by atoms with Crippen LogP contribution in [0.4, 0.5) is 13.2 Å². The van der Waals surface area contributed by atoms with Crippen molar-refractivity contribution in [1.29, 1.82) is 0 Å². The molecule has 0 saturated heterocycles. The molecule has 1 aromatic rings. The Morgan fingerprint density at radius 3 is 2.44 bits per heavy atom. The molecular weight excluding hydrogens is 265 g/mol. The van der Waals surface area contributed by atoms with E-state index in [0.717, 1.165) is 25.3 Å². The average molecular weight is 279 g/mol. The van der Waals surface area contributed by atoms with Crippen LogP contribution >= 0.6 is 11.6 Å². The first-order chi connectivity index (χ1) is 8.39. The van der Waals surface area contributed by atoms with E-state index in [1.807, 2.05) is 0 Å². The smallest absolute Gasteiger partial charge is 0.392 e. The second-order valence-electron chi connectivity index (χ2n) is 4.70. The molecule has 0 radical (unpaired) electrons. The quantitative estimate of drug-likeness (QED) is 0.808. The molecule has 1 aliphatic carbocycles. The van der Waals surface area contributed by atoms with Crippen molar-refractivity contribution < 1.29 is 18.3 Å². The van der Waals surface area contributed by atoms with Crippen LogP contribution < -0.4 is 0 Å². The monoisotopic (exact) mass is 278 g/mol. The summed E-state index contributed by atoms with van der Waals surface area (Å²) in [7, 11) is 0. The van der Waals surface area contributed by atoms with E-state index in [9.17, 15) is 18.3 Å². The molecule has 1 nitrogen and oxygen atoms in total. The van der Waals surface area contributed by atoms with Gasteiger partial charge in [-0.1, -0.05) is 30.5 Å². The number of aliphatic hydroxyl groups excluding tert-OH is 1. The van der Waals surface area contributed by atoms with Gasteiger partial charge in [0.05, 0.1) is 16.7 Å². The summed E-state index contributed by atoms with van der Waals surface area (Å²) in [6.45, 7) is 0. The lowest BCUT2D eigenvalue weighted by molar-refractivity contribution is -0.137. The zero-order chi connectivity index (χ0) is 13.3. The van der Waals surface area contributed by atoms with Crippen molar-refractivity contribution in [3.8, 4) is 0 Å². The van der Waals surface area contributed by atoms with E-state index in [1.54, 1.807) is 6.07 Å². The summed E-state index contributed by atoms with van der Waals surface area (Å²) in [4.78, 5) is 0. The van der Waals surface area contributed by atoms with Gasteiger partial charge >= 0.3 is 6.18 Å². The molecule has 18 heavy (non-hydrogen) atoms. The first kappa shape index (κ1) is 13.7. The van der Waals surface area contributed by atoms with Gasteiger partial charge in [-0.15, -0.1) is 0 Å². The number of rotatable bonds is 1. The second kappa shape index (κ2) is 5.10. The third-order valence-corrected chi connectivity index (χ3v) is 3.78. The molecule has 0 spiro atoms. The number of hydrogen-bond acceptors (Lipinski definition) is 1. The first-order valence-electron chi connectivity index (χ1n) is 5.94. The Bertz CT molecular complexity index is 431. The molecule has 0 bridgehead atoms. The predicted octanol–water partition coefficient (Wildman–Crippen LogP) is 4.38. The molecule has 5 heteroatoms. The number of halogens is 4. The fraction of sp³-hybridized carbons (Fsp3) is 0.538. The first-order valence-corrected chi connectivity index (χ1v) is 6.32. The van der Waals surface area contributed by atoms with Crippen LogP contribution in [0.2, 0.25) is 5.02 Å². The van der Waals surface area contributed by atoms with Crippen LogP contribution in [-0.4, -0.2) is 11.2 Å². The summed E-state index contributed by atoms with van der Waals surface area (Å²) >= 11 is 5.57. The molecule has 1 saturated carbocycles. The van der Waals surface area contributed by atoms with Gasteiger partial charge in [-0.3, -0.25) is 0 Å². The van der Waals surface area contributed by atoms with E-state index in [0.29, 0.717) is 12.0 Å². The standard InChI is InChI=1S/C13H14ClF3O/c14-11-6-5-8(7-10(11)13(15,16)17)9-3-1-2-4-12(9)18/h5-7,9,12,18H,1-4H2. The van der Waals surface area contributed by atoms with Crippen LogP contribution in [-0.2, 0) is 6.18 Å². The van der Waals surface area contributed by atoms with Crippen LogP contribution in [0.3, 0.4) is 0 Å². The maximum absolute atomic E-state index is 12.7. The highest BCUT2D eigenvalue weighted by Gasteiger charge is 2.34. The molecule has 0 heterocycles. The van der Waals surface area contributed by atoms with Crippen molar-refractivity contribution in [2.45, 2.75) is 43.9 Å². The normalized spacial score (nSPS) is 25.2. The molecule has 0 aliphatic heterocycles. The van der Waals surface area contributed by atoms with E-state index in [2.05, 4.69) is 0 Å². The molecular formula is C13H14ClF3O. The van der Waals surface area contributed by atoms with Crippen LogP contribution in [0.5, 0.6) is 0 Å². The Labute approximate surface area is 109 Å². The van der Waals surface area contributed by atoms with Gasteiger partial charge in [0.25, 0.3) is 0 Å². The Hall–Kier alpha value is -0.740. The lowest BCUT2D eigenvalue weighted by Gasteiger charge is -2.28. The zero-order valence-electron chi connectivity index (χ0n) is 9.67. The Morgan fingerprint density at radius 1 is 1.17 bits per heavy atom. The van der Waals surface area contributed by atoms with Gasteiger partial charge in [-0.2, -0.15) is 13.2 Å². The zero-order valence-corrected chi connectivity index (χ0v) is 10.4. The Balaban J connectivity index is 2.34. The van der Waals surface area contributed by atoms with Gasteiger partial charge in [-0.25, -0.2) is 0 Å². The highest BCUT2D eigenvalue weighted by Crippen LogP contribution is 2.39. The number of aliphatic hydroxyl groups is 1. The van der Waals surface area contributed by atoms with Gasteiger partial charge in [0.15, 0.2) is 0 Å². The Kier molecular flexibility index (Phi) is 3.87. The van der Waals surface area contributed by atoms with E-state index in [4.69, 9.17) is 11.6 Å². The van der Waals surface area contributed by atoms with Crippen molar-refractivity contribution in [2.75, 3.05) is 0 Å². The largest absolute Gasteiger partial charge is 0.417 e. The highest BCUT2D eigenvalue weighted by atomic mass is 35.5. The van der Waals surface area contributed by atoms with Crippen molar-refractivity contribution in [3.05, 3.63) is 34.3 Å². The summed E-state index contributed by atoms with van der Waals surface area (Å²) in [6.07, 6.45) is -1.77. The summed E-state index contributed by atoms with van der Waals surface area (Å²) in [6, 6.07) is 3.92. The summed E-state index contributed by atoms with van der Waals surface area (Å²) < 4.78 is 38.2. The van der Waals surface area contributed by atoms with E-state index < -0.39 is 17.8 Å². The van der Waals surface area contributed by atoms with Crippen LogP contribution in [0.25, 0.3) is 0 Å². The number of hydrogen-bond donors (Lipinski definition) is 1. The van der Waals surface area contributed by atoms with Gasteiger partial charge in [-0.05, 0) is 30.5 Å². The minimum Gasteiger partial charge on any atom is -0.392 e. The molecule has 1 aliphatic rings. The van der Waals surface area contributed by atoms with Crippen molar-refractivity contribution >= 4 is 11.6 Å². The van der Waals surface area contributed by atoms with Crippen LogP contribution in [0, 0.1) is 0 Å². The second-order valence-corrected chi connectivity index (χ2v) is 5.10. The number of benzene rings is 1. The summed E-state index contributed by atoms with van der Waals surface area (Å²) in [5.74, 6) is -0.211. The van der Waals surface area contributed by atoms with Gasteiger partial charge < -0.3 is 5.11 Å². The van der Waals surface area contributed by atoms with Gasteiger partial charge in [0, 0.05) is 5.92 Å². The molecule has 1 fully saturated rings. The SMILES string of the molecule is OC1CCCCC1c1ccc(Cl)c(C(F)(F)F)c1. The van der Waals surface area contributed by atoms with Gasteiger partial charge in [0.2, 0.25) is 0 Å². The Morgan fingerprint density at radius 2 is 1.83 bits per heavy atom. The van der Waals surface area contributed by atoms with E-state index in [1.165, 1.54) is 6.07 Å². The van der Waals surface area contributed by atoms with Crippen molar-refractivity contribution in [2.24, 2.45) is 0 Å². The minimum atomic E-state index is -4.45. The molecule has 100 valence electrons. The third kappa shape index (κ3) is 2.81. The molecule has 2 unspecified atom stereocenters. The van der Waals surface area contributed by atoms with E-state index in [-0.39, 0.29) is 10.9 Å². The van der Waals surface area contributed by atoms with Crippen molar-refractivity contribution in [3.63, 3.8) is 0 Å². The fourth-order valence-corrected chi connectivity index (χ4v) is 2.72. The van der Waals surface area contributed by atoms with E-state index >= 15 is 0 Å². The van der Waals surface area contributed by atoms with Crippen LogP contribution in [0.1, 0.15) is 42.7 Å². The average Bonchev–Trinajstić information content (AvgIpc) is 2.29. The molecule has 0 amide bonds. The van der Waals surface area contributed by atoms with Gasteiger partial charge in [0.1, 0.15) is 0 Å². The summed E-state index contributed by atoms with van der Waals surface area (Å²) in [5.41, 5.74) is -0.293. The molecule has 1 N–H and O–H groups in total. The molecule has 1 aromatic carbocycles. The molecule has 2 atom stereocenters. The highest BCUT2D eigenvalue weighted by molar-refractivity contribution is 6.31. The topological polar surface area (TPSA) is 20.2 Å². The maximum atomic E-state index is 12.7. The predicted molar refractivity (Wildman–Crippen MR) is 63.7 cm³/mol.